The largest absolute Gasteiger partial charge is 0.460 e. The second kappa shape index (κ2) is 33.6. The van der Waals surface area contributed by atoms with Crippen molar-refractivity contribution in [2.75, 3.05) is 24.7 Å². The number of thiol groups is 1. The third-order valence-electron chi connectivity index (χ3n) is 19.2. The first-order valence-electron chi connectivity index (χ1n) is 33.2. The molecule has 0 saturated carbocycles. The number of rotatable bonds is 27. The van der Waals surface area contributed by atoms with E-state index in [1.165, 1.54) is 19.1 Å². The zero-order valence-electron chi connectivity index (χ0n) is 57.9. The summed E-state index contributed by atoms with van der Waals surface area (Å²) >= 11 is 2.93. The maximum absolute atomic E-state index is 14.8. The molecule has 8 saturated heterocycles. The molecule has 17 atom stereocenters. The van der Waals surface area contributed by atoms with Gasteiger partial charge in [0.05, 0.1) is 60.7 Å². The number of halogens is 30. The highest BCUT2D eigenvalue weighted by atomic mass is 32.2. The molecule has 2 aromatic carbocycles. The number of thioether (sulfide) groups is 1. The lowest BCUT2D eigenvalue weighted by molar-refractivity contribution is -0.461. The number of alkyl halides is 30. The van der Waals surface area contributed by atoms with Crippen LogP contribution in [0.15, 0.2) is 110 Å². The minimum atomic E-state index is -8.77. The predicted octanol–water partition coefficient (Wildman–Crippen LogP) is 14.6. The van der Waals surface area contributed by atoms with Crippen molar-refractivity contribution in [3.8, 4) is 0 Å². The molecule has 0 aliphatic carbocycles. The highest BCUT2D eigenvalue weighted by Gasteiger charge is 2.96. The van der Waals surface area contributed by atoms with Gasteiger partial charge in [-0.05, 0) is 29.6 Å². The molecule has 11 rings (SSSR count). The van der Waals surface area contributed by atoms with Crippen LogP contribution in [0, 0.1) is 47.3 Å². The van der Waals surface area contributed by atoms with Crippen LogP contribution in [0.2, 0.25) is 0 Å². The number of carbonyl (C=O) groups excluding carboxylic acids is 8. The molecule has 11 unspecified atom stereocenters. The van der Waals surface area contributed by atoms with E-state index >= 15 is 0 Å². The van der Waals surface area contributed by atoms with Crippen molar-refractivity contribution in [2.45, 2.75) is 157 Å². The van der Waals surface area contributed by atoms with Gasteiger partial charge in [0.15, 0.2) is 0 Å². The van der Waals surface area contributed by atoms with E-state index in [-0.39, 0.29) is 42.4 Å². The fourth-order valence-corrected chi connectivity index (χ4v) is 14.6. The lowest BCUT2D eigenvalue weighted by Gasteiger charge is -2.42. The molecule has 9 aliphatic rings. The van der Waals surface area contributed by atoms with Gasteiger partial charge in [0.2, 0.25) is 0 Å². The van der Waals surface area contributed by atoms with E-state index in [1.54, 1.807) is 48.6 Å². The first kappa shape index (κ1) is 94.6. The van der Waals surface area contributed by atoms with Crippen LogP contribution in [-0.2, 0) is 81.0 Å². The van der Waals surface area contributed by atoms with Crippen molar-refractivity contribution >= 4 is 84.3 Å². The van der Waals surface area contributed by atoms with Crippen LogP contribution in [0.3, 0.4) is 0 Å². The minimum Gasteiger partial charge on any atom is -0.393 e. The molecule has 117 heavy (non-hydrogen) atoms. The zero-order chi connectivity index (χ0) is 88.3. The van der Waals surface area contributed by atoms with Crippen LogP contribution in [0.5, 0.6) is 0 Å². The van der Waals surface area contributed by atoms with Crippen LogP contribution < -0.4 is 0 Å². The van der Waals surface area contributed by atoms with Gasteiger partial charge in [-0.3, -0.25) is 38.4 Å². The van der Waals surface area contributed by atoms with Gasteiger partial charge in [-0.25, -0.2) is 0 Å². The van der Waals surface area contributed by atoms with Gasteiger partial charge in [-0.15, -0.1) is 6.58 Å². The van der Waals surface area contributed by atoms with Crippen molar-refractivity contribution in [1.29, 1.82) is 0 Å². The van der Waals surface area contributed by atoms with E-state index in [4.69, 9.17) is 33.2 Å². The average molecular weight is 1780 g/mol. The highest BCUT2D eigenvalue weighted by molar-refractivity contribution is 8.00. The normalized spacial score (nSPS) is 28.8. The molecule has 0 amide bonds. The lowest BCUT2D eigenvalue weighted by Crippen LogP contribution is -2.74. The Balaban J connectivity index is 0.000000251. The predicted molar refractivity (Wildman–Crippen MR) is 334 cm³/mol. The van der Waals surface area contributed by atoms with Gasteiger partial charge in [-0.2, -0.15) is 156 Å². The molecule has 0 aromatic heterocycles. The molecule has 9 aliphatic heterocycles. The maximum atomic E-state index is 14.8. The smallest absolute Gasteiger partial charge is 0.393 e. The van der Waals surface area contributed by atoms with Crippen molar-refractivity contribution in [3.63, 3.8) is 0 Å². The summed E-state index contributed by atoms with van der Waals surface area (Å²) in [5, 5.41) is -1.59. The molecule has 2 bridgehead atoms. The molecule has 49 heteroatoms. The summed E-state index contributed by atoms with van der Waals surface area (Å²) in [5.74, 6) is -111. The summed E-state index contributed by atoms with van der Waals surface area (Å²) in [6, 6.07) is 18.3. The fourth-order valence-electron chi connectivity index (χ4n) is 13.0. The Bertz CT molecular complexity index is 4130. The number of ether oxygens (including phenoxy) is 9. The summed E-state index contributed by atoms with van der Waals surface area (Å²) in [6.45, 7) is 4.06. The van der Waals surface area contributed by atoms with Gasteiger partial charge in [0, 0.05) is 19.4 Å². The van der Waals surface area contributed by atoms with E-state index in [0.717, 1.165) is 11.6 Å². The number of cyclic esters (lactones) is 8. The fraction of sp³-hybridized carbons (Fsp3) is 0.559. The Kier molecular flexibility index (Phi) is 27.2. The van der Waals surface area contributed by atoms with Crippen LogP contribution in [0.1, 0.15) is 30.9 Å². The van der Waals surface area contributed by atoms with Crippen LogP contribution in [0.4, 0.5) is 132 Å². The Morgan fingerprint density at radius 2 is 0.684 bits per heavy atom. The van der Waals surface area contributed by atoms with Crippen molar-refractivity contribution in [1.82, 2.24) is 0 Å². The molecular formula is C68H54F30O17S2. The van der Waals surface area contributed by atoms with E-state index in [0.29, 0.717) is 5.56 Å². The Morgan fingerprint density at radius 3 is 1.03 bits per heavy atom. The van der Waals surface area contributed by atoms with E-state index in [2.05, 4.69) is 28.7 Å². The van der Waals surface area contributed by atoms with Crippen LogP contribution in [0.25, 0.3) is 12.2 Å². The molecule has 650 valence electrons. The summed E-state index contributed by atoms with van der Waals surface area (Å²) in [6.07, 6.45) is -13.0. The first-order chi connectivity index (χ1) is 53.6. The van der Waals surface area contributed by atoms with Crippen LogP contribution >= 0.6 is 24.4 Å². The number of fused-ring (bicyclic) bond motifs is 8. The second-order valence-electron chi connectivity index (χ2n) is 26.4. The standard InChI is InChI=1S/C36H29F17O9S.C16H14O4.C8H5F13S.C8H6O4/c1-2-58-14-19(63-13-12-29(37,38)30(39,40)31(41,42)32(43,44)33(45,46)34(47,48)35(49,50)36(51,52)53)24-23-22(27(56)62-28(23)57)18(60-24)11-10-17-21-20(25(54)61-26(21)55)16(59-17)9-8-15-6-4-3-5-7-15;1-2-11-13-14(16(18)20-15(13)17)12(19-11)9-8-10-6-4-3-5-7-10;9-3(10,1-2-22)4(11,12)5(13,14)6(15,16)7(17,18)8(19,20)21;9-7-5-3-1-2-4(11-3)6(5)8(10)12-7/h3-11,16-24H,2,12-14H2,1H3;2-9,11-14H,1H2;22H,1-2H2;1-6H/b9-8-,11-10+;9-8-;;/t16?,17?,18?,19?,20-,21+,22+,23+,24?;11?,12?,13-,14+;;/m11../s1. The van der Waals surface area contributed by atoms with Gasteiger partial charge in [-0.1, -0.05) is 115 Å². The SMILES string of the molecule is C=CC1OC(/C=C\c2ccccc2)[C@@H]2C(=O)OC(=O)[C@H]12.CCOCC(SCCC(F)(F)C(F)(F)C(F)(F)C(F)(F)C(F)(F)C(F)(F)C(F)(F)C(F)(F)F)C1OC(/C=C/C2OC(/C=C\c3ccccc3)[C@H]3C(=O)OC(=O)[C@@H]23)[C@@H]2C(=O)OC(=O)[C@H]12.FC(F)(F)C(F)(F)C(F)(F)C(F)(F)C(F)(F)C(F)(F)CCS.O=C1OC(=O)C2C3C=CC(O3)C12. The molecule has 9 heterocycles. The van der Waals surface area contributed by atoms with Gasteiger partial charge in [0.25, 0.3) is 0 Å². The summed E-state index contributed by atoms with van der Waals surface area (Å²) < 4.78 is 443. The summed E-state index contributed by atoms with van der Waals surface area (Å²) in [7, 11) is 0. The molecular weight excluding hydrogens is 1720 g/mol. The monoisotopic (exact) mass is 1780 g/mol. The second-order valence-corrected chi connectivity index (χ2v) is 28.2. The van der Waals surface area contributed by atoms with Gasteiger partial charge >= 0.3 is 131 Å². The zero-order valence-corrected chi connectivity index (χ0v) is 59.6. The van der Waals surface area contributed by atoms with E-state index < -0.39 is 240 Å². The molecule has 0 spiro atoms. The maximum Gasteiger partial charge on any atom is 0.460 e. The first-order valence-corrected chi connectivity index (χ1v) is 34.9. The van der Waals surface area contributed by atoms with Gasteiger partial charge in [0.1, 0.15) is 47.3 Å². The van der Waals surface area contributed by atoms with Gasteiger partial charge < -0.3 is 42.6 Å². The Morgan fingerprint density at radius 1 is 0.385 bits per heavy atom. The topological polar surface area (TPSA) is 220 Å². The molecule has 8 fully saturated rings. The van der Waals surface area contributed by atoms with E-state index in [1.807, 2.05) is 48.6 Å². The van der Waals surface area contributed by atoms with Crippen molar-refractivity contribution in [3.05, 3.63) is 121 Å². The number of hydrogen-bond acceptors (Lipinski definition) is 19. The van der Waals surface area contributed by atoms with Crippen molar-refractivity contribution < 1.29 is 213 Å². The summed E-state index contributed by atoms with van der Waals surface area (Å²) in [4.78, 5) is 96.5. The summed E-state index contributed by atoms with van der Waals surface area (Å²) in [5.41, 5.74) is 1.68. The quantitative estimate of drug-likeness (QED) is 0.0219. The average Bonchev–Trinajstić information content (AvgIpc) is 1.68. The third kappa shape index (κ3) is 16.8. The minimum absolute atomic E-state index is 0.0118. The number of hydrogen-bond donors (Lipinski definition) is 1. The Labute approximate surface area is 645 Å². The molecule has 17 nitrogen and oxygen atoms in total. The Hall–Kier alpha value is -7.90. The highest BCUT2D eigenvalue weighted by Crippen LogP contribution is 2.66. The molecule has 0 radical (unpaired) electrons. The number of benzene rings is 2. The number of esters is 8. The number of carbonyl (C=O) groups is 8. The van der Waals surface area contributed by atoms with E-state index in [9.17, 15) is 170 Å². The third-order valence-corrected chi connectivity index (χ3v) is 20.7. The van der Waals surface area contributed by atoms with Crippen molar-refractivity contribution in [2.24, 2.45) is 47.3 Å². The molecule has 0 N–H and O–H groups in total. The van der Waals surface area contributed by atoms with Crippen LogP contribution in [-0.4, -0.2) is 210 Å². The lowest BCUT2D eigenvalue weighted by atomic mass is 9.85. The molecule has 2 aromatic rings.